The molecule has 0 bridgehead atoms. The number of nitrogens with zero attached hydrogens (tertiary/aromatic N) is 3. The Morgan fingerprint density at radius 2 is 1.84 bits per heavy atom. The first-order valence-corrected chi connectivity index (χ1v) is 8.90. The molecule has 1 fully saturated rings. The predicted molar refractivity (Wildman–Crippen MR) is 98.9 cm³/mol. The van der Waals surface area contributed by atoms with Crippen molar-refractivity contribution in [3.63, 3.8) is 0 Å². The van der Waals surface area contributed by atoms with Gasteiger partial charge in [-0.05, 0) is 25.5 Å². The highest BCUT2D eigenvalue weighted by Gasteiger charge is 2.26. The van der Waals surface area contributed by atoms with Gasteiger partial charge in [0.05, 0.1) is 19.3 Å². The summed E-state index contributed by atoms with van der Waals surface area (Å²) in [6.07, 6.45) is 0.842. The molecule has 0 aromatic heterocycles. The van der Waals surface area contributed by atoms with E-state index in [1.807, 2.05) is 43.0 Å². The summed E-state index contributed by atoms with van der Waals surface area (Å²) in [7, 11) is 1.67. The van der Waals surface area contributed by atoms with E-state index in [2.05, 4.69) is 4.90 Å². The first-order valence-electron chi connectivity index (χ1n) is 8.90. The Balaban J connectivity index is 1.95. The second kappa shape index (κ2) is 8.74. The van der Waals surface area contributed by atoms with Crippen molar-refractivity contribution in [1.29, 1.82) is 0 Å². The van der Waals surface area contributed by atoms with E-state index in [-0.39, 0.29) is 24.4 Å². The minimum atomic E-state index is -0.0460. The fourth-order valence-corrected chi connectivity index (χ4v) is 3.13. The lowest BCUT2D eigenvalue weighted by atomic mass is 10.2. The van der Waals surface area contributed by atoms with E-state index in [4.69, 9.17) is 4.74 Å². The van der Waals surface area contributed by atoms with Gasteiger partial charge in [-0.1, -0.05) is 19.1 Å². The number of carbonyl (C=O) groups excluding carboxylic acids is 2. The Kier molecular flexibility index (Phi) is 6.67. The first kappa shape index (κ1) is 19.1. The zero-order valence-electron chi connectivity index (χ0n) is 15.7. The van der Waals surface area contributed by atoms with Crippen LogP contribution in [0.15, 0.2) is 24.3 Å². The summed E-state index contributed by atoms with van der Waals surface area (Å²) < 4.78 is 5.42. The van der Waals surface area contributed by atoms with Gasteiger partial charge in [-0.25, -0.2) is 0 Å². The number of methoxy groups -OCH3 is 1. The number of amides is 2. The summed E-state index contributed by atoms with van der Waals surface area (Å²) >= 11 is 0. The van der Waals surface area contributed by atoms with E-state index in [9.17, 15) is 9.59 Å². The Bertz CT molecular complexity index is 597. The van der Waals surface area contributed by atoms with Crippen LogP contribution < -0.4 is 9.64 Å². The molecule has 2 amide bonds. The standard InChI is InChI=1S/C19H29N3O3/c1-5-15(2)22(16(3)23)14-19(24)21-12-10-20(11-13-21)17-8-6-7-9-18(17)25-4/h6-9,15H,5,10-14H2,1-4H3. The maximum Gasteiger partial charge on any atom is 0.242 e. The molecule has 1 saturated heterocycles. The molecule has 1 aliphatic rings. The van der Waals surface area contributed by atoms with Gasteiger partial charge in [-0.3, -0.25) is 9.59 Å². The van der Waals surface area contributed by atoms with Crippen LogP contribution in [-0.2, 0) is 9.59 Å². The van der Waals surface area contributed by atoms with Crippen molar-refractivity contribution in [2.45, 2.75) is 33.2 Å². The SMILES string of the molecule is CCC(C)N(CC(=O)N1CCN(c2ccccc2OC)CC1)C(C)=O. The zero-order valence-corrected chi connectivity index (χ0v) is 15.7. The Morgan fingerprint density at radius 1 is 1.20 bits per heavy atom. The van der Waals surface area contributed by atoms with Crippen LogP contribution >= 0.6 is 0 Å². The van der Waals surface area contributed by atoms with Crippen LogP contribution in [-0.4, -0.2) is 67.5 Å². The molecule has 6 nitrogen and oxygen atoms in total. The molecule has 1 unspecified atom stereocenters. The highest BCUT2D eigenvalue weighted by atomic mass is 16.5. The molecule has 0 spiro atoms. The lowest BCUT2D eigenvalue weighted by molar-refractivity contribution is -0.141. The van der Waals surface area contributed by atoms with Crippen LogP contribution in [0.2, 0.25) is 0 Å². The van der Waals surface area contributed by atoms with Crippen LogP contribution in [0, 0.1) is 0 Å². The van der Waals surface area contributed by atoms with Gasteiger partial charge in [0, 0.05) is 39.1 Å². The molecule has 1 aromatic carbocycles. The van der Waals surface area contributed by atoms with Crippen LogP contribution in [0.25, 0.3) is 0 Å². The number of carbonyl (C=O) groups is 2. The molecule has 1 heterocycles. The van der Waals surface area contributed by atoms with Gasteiger partial charge in [0.15, 0.2) is 0 Å². The lowest BCUT2D eigenvalue weighted by Gasteiger charge is -2.38. The van der Waals surface area contributed by atoms with Crippen molar-refractivity contribution in [3.8, 4) is 5.75 Å². The molecule has 0 N–H and O–H groups in total. The van der Waals surface area contributed by atoms with Gasteiger partial charge in [0.2, 0.25) is 11.8 Å². The van der Waals surface area contributed by atoms with E-state index >= 15 is 0 Å². The summed E-state index contributed by atoms with van der Waals surface area (Å²) in [5, 5.41) is 0. The van der Waals surface area contributed by atoms with Crippen LogP contribution in [0.3, 0.4) is 0 Å². The van der Waals surface area contributed by atoms with E-state index in [1.165, 1.54) is 6.92 Å². The van der Waals surface area contributed by atoms with Crippen LogP contribution in [0.1, 0.15) is 27.2 Å². The maximum atomic E-state index is 12.6. The number of ether oxygens (including phenoxy) is 1. The van der Waals surface area contributed by atoms with Crippen molar-refractivity contribution in [3.05, 3.63) is 24.3 Å². The molecule has 1 aromatic rings. The molecular weight excluding hydrogens is 318 g/mol. The van der Waals surface area contributed by atoms with Crippen LogP contribution in [0.5, 0.6) is 5.75 Å². The number of benzene rings is 1. The molecule has 138 valence electrons. The number of piperazine rings is 1. The monoisotopic (exact) mass is 347 g/mol. The second-order valence-electron chi connectivity index (χ2n) is 6.44. The molecule has 25 heavy (non-hydrogen) atoms. The summed E-state index contributed by atoms with van der Waals surface area (Å²) in [5.74, 6) is 0.826. The Labute approximate surface area is 150 Å². The third-order valence-corrected chi connectivity index (χ3v) is 4.89. The number of hydrogen-bond acceptors (Lipinski definition) is 4. The molecule has 0 saturated carbocycles. The lowest BCUT2D eigenvalue weighted by Crippen LogP contribution is -2.52. The maximum absolute atomic E-state index is 12.6. The van der Waals surface area contributed by atoms with Gasteiger partial charge in [-0.2, -0.15) is 0 Å². The van der Waals surface area contributed by atoms with Crippen molar-refractivity contribution in [2.24, 2.45) is 0 Å². The van der Waals surface area contributed by atoms with E-state index in [0.717, 1.165) is 30.9 Å². The molecular formula is C19H29N3O3. The first-order chi connectivity index (χ1) is 12.0. The fourth-order valence-electron chi connectivity index (χ4n) is 3.13. The summed E-state index contributed by atoms with van der Waals surface area (Å²) in [4.78, 5) is 30.1. The van der Waals surface area contributed by atoms with Gasteiger partial charge in [0.25, 0.3) is 0 Å². The average Bonchev–Trinajstić information content (AvgIpc) is 2.65. The molecule has 1 atom stereocenters. The number of para-hydroxylation sites is 2. The van der Waals surface area contributed by atoms with Crippen molar-refractivity contribution >= 4 is 17.5 Å². The van der Waals surface area contributed by atoms with Gasteiger partial charge in [-0.15, -0.1) is 0 Å². The molecule has 1 aliphatic heterocycles. The molecule has 0 aliphatic carbocycles. The van der Waals surface area contributed by atoms with Crippen LogP contribution in [0.4, 0.5) is 5.69 Å². The van der Waals surface area contributed by atoms with Gasteiger partial charge >= 0.3 is 0 Å². The highest BCUT2D eigenvalue weighted by molar-refractivity contribution is 5.84. The third-order valence-electron chi connectivity index (χ3n) is 4.89. The topological polar surface area (TPSA) is 53.1 Å². The largest absolute Gasteiger partial charge is 0.495 e. The average molecular weight is 347 g/mol. The normalized spacial score (nSPS) is 15.7. The molecule has 2 rings (SSSR count). The number of hydrogen-bond donors (Lipinski definition) is 0. The quantitative estimate of drug-likeness (QED) is 0.790. The second-order valence-corrected chi connectivity index (χ2v) is 6.44. The Morgan fingerprint density at radius 3 is 2.40 bits per heavy atom. The summed E-state index contributed by atoms with van der Waals surface area (Å²) in [6, 6.07) is 8.01. The van der Waals surface area contributed by atoms with Crippen molar-refractivity contribution in [2.75, 3.05) is 44.7 Å². The van der Waals surface area contributed by atoms with Crippen molar-refractivity contribution < 1.29 is 14.3 Å². The smallest absolute Gasteiger partial charge is 0.242 e. The molecule has 0 radical (unpaired) electrons. The summed E-state index contributed by atoms with van der Waals surface area (Å²) in [6.45, 7) is 8.53. The number of anilines is 1. The Hall–Kier alpha value is -2.24. The van der Waals surface area contributed by atoms with E-state index in [0.29, 0.717) is 13.1 Å². The fraction of sp³-hybridized carbons (Fsp3) is 0.579. The molecule has 6 heteroatoms. The van der Waals surface area contributed by atoms with Gasteiger partial charge < -0.3 is 19.4 Å². The van der Waals surface area contributed by atoms with E-state index < -0.39 is 0 Å². The minimum absolute atomic E-state index is 0.0233. The van der Waals surface area contributed by atoms with Gasteiger partial charge in [0.1, 0.15) is 5.75 Å². The minimum Gasteiger partial charge on any atom is -0.495 e. The third kappa shape index (κ3) is 4.65. The van der Waals surface area contributed by atoms with Crippen molar-refractivity contribution in [1.82, 2.24) is 9.80 Å². The zero-order chi connectivity index (χ0) is 18.4. The van der Waals surface area contributed by atoms with E-state index in [1.54, 1.807) is 12.0 Å². The number of rotatable bonds is 6. The highest BCUT2D eigenvalue weighted by Crippen LogP contribution is 2.28. The predicted octanol–water partition coefficient (Wildman–Crippen LogP) is 1.99. The summed E-state index contributed by atoms with van der Waals surface area (Å²) in [5.41, 5.74) is 1.06.